The molecule has 2 rings (SSSR count). The second-order valence-corrected chi connectivity index (χ2v) is 5.04. The summed E-state index contributed by atoms with van der Waals surface area (Å²) in [5.41, 5.74) is 0. The molecule has 14 heavy (non-hydrogen) atoms. The summed E-state index contributed by atoms with van der Waals surface area (Å²) in [6, 6.07) is 0.744. The van der Waals surface area contributed by atoms with Crippen LogP contribution in [0.4, 0.5) is 0 Å². The van der Waals surface area contributed by atoms with Crippen molar-refractivity contribution in [3.05, 3.63) is 0 Å². The number of likely N-dealkylation sites (tertiary alicyclic amines) is 1. The summed E-state index contributed by atoms with van der Waals surface area (Å²) in [6.45, 7) is 6.05. The van der Waals surface area contributed by atoms with Gasteiger partial charge in [-0.2, -0.15) is 0 Å². The average Bonchev–Trinajstić information content (AvgIpc) is 2.77. The summed E-state index contributed by atoms with van der Waals surface area (Å²) in [4.78, 5) is 14.2. The van der Waals surface area contributed by atoms with Crippen molar-refractivity contribution in [1.82, 2.24) is 4.90 Å². The van der Waals surface area contributed by atoms with E-state index in [0.717, 1.165) is 24.9 Å². The Kier molecular flexibility index (Phi) is 2.91. The SMILES string of the molecule is CCC(C)C(=O)CN1CC2CCC1C2. The van der Waals surface area contributed by atoms with Crippen molar-refractivity contribution in [3.63, 3.8) is 0 Å². The van der Waals surface area contributed by atoms with Gasteiger partial charge in [-0.15, -0.1) is 0 Å². The summed E-state index contributed by atoms with van der Waals surface area (Å²) in [6.07, 6.45) is 5.08. The van der Waals surface area contributed by atoms with Crippen LogP contribution in [0.5, 0.6) is 0 Å². The quantitative estimate of drug-likeness (QED) is 0.684. The molecule has 1 heterocycles. The Bertz CT molecular complexity index is 226. The molecule has 2 bridgehead atoms. The highest BCUT2D eigenvalue weighted by molar-refractivity contribution is 5.82. The molecule has 80 valence electrons. The minimum absolute atomic E-state index is 0.258. The molecule has 1 saturated heterocycles. The van der Waals surface area contributed by atoms with Gasteiger partial charge in [-0.25, -0.2) is 0 Å². The molecule has 2 nitrogen and oxygen atoms in total. The summed E-state index contributed by atoms with van der Waals surface area (Å²) in [5, 5.41) is 0. The molecular weight excluding hydrogens is 174 g/mol. The maximum Gasteiger partial charge on any atom is 0.149 e. The average molecular weight is 195 g/mol. The van der Waals surface area contributed by atoms with Crippen molar-refractivity contribution in [2.45, 2.75) is 45.6 Å². The molecule has 0 amide bonds. The number of Topliss-reactive ketones (excluding diaryl/α,β-unsaturated/α-hetero) is 1. The Hall–Kier alpha value is -0.370. The lowest BCUT2D eigenvalue weighted by atomic mass is 10.0. The van der Waals surface area contributed by atoms with Gasteiger partial charge in [0, 0.05) is 18.5 Å². The first-order chi connectivity index (χ1) is 6.70. The molecule has 2 aliphatic rings. The smallest absolute Gasteiger partial charge is 0.149 e. The van der Waals surface area contributed by atoms with Crippen molar-refractivity contribution in [2.75, 3.05) is 13.1 Å². The van der Waals surface area contributed by atoms with Crippen molar-refractivity contribution in [3.8, 4) is 0 Å². The van der Waals surface area contributed by atoms with Crippen molar-refractivity contribution in [2.24, 2.45) is 11.8 Å². The molecule has 1 saturated carbocycles. The minimum atomic E-state index is 0.258. The van der Waals surface area contributed by atoms with Crippen LogP contribution in [0.3, 0.4) is 0 Å². The molecule has 2 fully saturated rings. The van der Waals surface area contributed by atoms with Crippen LogP contribution in [0.15, 0.2) is 0 Å². The second kappa shape index (κ2) is 4.01. The number of carbonyl (C=O) groups excluding carboxylic acids is 1. The first-order valence-corrected chi connectivity index (χ1v) is 5.97. The molecule has 3 atom stereocenters. The second-order valence-electron chi connectivity index (χ2n) is 5.04. The fraction of sp³-hybridized carbons (Fsp3) is 0.917. The fourth-order valence-electron chi connectivity index (χ4n) is 2.80. The fourth-order valence-corrected chi connectivity index (χ4v) is 2.80. The third-order valence-corrected chi connectivity index (χ3v) is 4.04. The summed E-state index contributed by atoms with van der Waals surface area (Å²) in [5.74, 6) is 1.61. The highest BCUT2D eigenvalue weighted by atomic mass is 16.1. The summed E-state index contributed by atoms with van der Waals surface area (Å²) < 4.78 is 0. The van der Waals surface area contributed by atoms with Crippen molar-refractivity contribution in [1.29, 1.82) is 0 Å². The lowest BCUT2D eigenvalue weighted by Crippen LogP contribution is -2.38. The number of ketones is 1. The maximum absolute atomic E-state index is 11.8. The van der Waals surface area contributed by atoms with E-state index in [4.69, 9.17) is 0 Å². The molecule has 2 heteroatoms. The van der Waals surface area contributed by atoms with E-state index in [-0.39, 0.29) is 5.92 Å². The number of fused-ring (bicyclic) bond motifs is 2. The Morgan fingerprint density at radius 2 is 2.29 bits per heavy atom. The van der Waals surface area contributed by atoms with Crippen LogP contribution in [0.1, 0.15) is 39.5 Å². The monoisotopic (exact) mass is 195 g/mol. The molecular formula is C12H21NO. The number of rotatable bonds is 4. The topological polar surface area (TPSA) is 20.3 Å². The van der Waals surface area contributed by atoms with E-state index in [2.05, 4.69) is 18.7 Å². The van der Waals surface area contributed by atoms with Gasteiger partial charge in [-0.1, -0.05) is 13.8 Å². The van der Waals surface area contributed by atoms with Gasteiger partial charge in [0.2, 0.25) is 0 Å². The standard InChI is InChI=1S/C12H21NO/c1-3-9(2)12(14)8-13-7-10-4-5-11(13)6-10/h9-11H,3-8H2,1-2H3. The van der Waals surface area contributed by atoms with Gasteiger partial charge in [0.25, 0.3) is 0 Å². The van der Waals surface area contributed by atoms with Crippen LogP contribution < -0.4 is 0 Å². The van der Waals surface area contributed by atoms with Crippen LogP contribution >= 0.6 is 0 Å². The van der Waals surface area contributed by atoms with Crippen LogP contribution in [0, 0.1) is 11.8 Å². The van der Waals surface area contributed by atoms with Gasteiger partial charge in [-0.05, 0) is 31.6 Å². The molecule has 0 aromatic carbocycles. The van der Waals surface area contributed by atoms with E-state index < -0.39 is 0 Å². The van der Waals surface area contributed by atoms with Gasteiger partial charge in [-0.3, -0.25) is 9.69 Å². The van der Waals surface area contributed by atoms with Crippen LogP contribution in [-0.2, 0) is 4.79 Å². The zero-order chi connectivity index (χ0) is 10.1. The van der Waals surface area contributed by atoms with Crippen LogP contribution in [0.25, 0.3) is 0 Å². The highest BCUT2D eigenvalue weighted by Crippen LogP contribution is 2.37. The van der Waals surface area contributed by atoms with E-state index in [1.165, 1.54) is 25.8 Å². The normalized spacial score (nSPS) is 33.6. The third kappa shape index (κ3) is 1.85. The molecule has 0 aromatic rings. The van der Waals surface area contributed by atoms with Gasteiger partial charge in [0.15, 0.2) is 0 Å². The predicted octanol–water partition coefficient (Wildman–Crippen LogP) is 2.09. The van der Waals surface area contributed by atoms with Gasteiger partial charge in [0.05, 0.1) is 6.54 Å². The lowest BCUT2D eigenvalue weighted by Gasteiger charge is -2.26. The van der Waals surface area contributed by atoms with Gasteiger partial charge in [0.1, 0.15) is 5.78 Å². The number of hydrogen-bond acceptors (Lipinski definition) is 2. The number of carbonyl (C=O) groups is 1. The van der Waals surface area contributed by atoms with E-state index in [1.54, 1.807) is 0 Å². The van der Waals surface area contributed by atoms with Crippen molar-refractivity contribution >= 4 is 5.78 Å². The molecule has 0 spiro atoms. The van der Waals surface area contributed by atoms with Crippen LogP contribution in [-0.4, -0.2) is 29.8 Å². The number of hydrogen-bond donors (Lipinski definition) is 0. The lowest BCUT2D eigenvalue weighted by molar-refractivity contribution is -0.124. The van der Waals surface area contributed by atoms with E-state index in [0.29, 0.717) is 5.78 Å². The third-order valence-electron chi connectivity index (χ3n) is 4.04. The zero-order valence-electron chi connectivity index (χ0n) is 9.33. The van der Waals surface area contributed by atoms with Crippen molar-refractivity contribution < 1.29 is 4.79 Å². The zero-order valence-corrected chi connectivity index (χ0v) is 9.33. The Labute approximate surface area is 86.7 Å². The molecule has 0 radical (unpaired) electrons. The van der Waals surface area contributed by atoms with Crippen LogP contribution in [0.2, 0.25) is 0 Å². The van der Waals surface area contributed by atoms with E-state index in [1.807, 2.05) is 0 Å². The number of nitrogens with zero attached hydrogens (tertiary/aromatic N) is 1. The molecule has 0 aromatic heterocycles. The van der Waals surface area contributed by atoms with Gasteiger partial charge < -0.3 is 0 Å². The Morgan fingerprint density at radius 1 is 1.50 bits per heavy atom. The maximum atomic E-state index is 11.8. The highest BCUT2D eigenvalue weighted by Gasteiger charge is 2.38. The predicted molar refractivity (Wildman–Crippen MR) is 57.2 cm³/mol. The summed E-state index contributed by atoms with van der Waals surface area (Å²) in [7, 11) is 0. The molecule has 3 unspecified atom stereocenters. The number of piperidine rings is 1. The first kappa shape index (κ1) is 10.2. The largest absolute Gasteiger partial charge is 0.298 e. The van der Waals surface area contributed by atoms with Gasteiger partial charge >= 0.3 is 0 Å². The summed E-state index contributed by atoms with van der Waals surface area (Å²) >= 11 is 0. The Balaban J connectivity index is 1.84. The van der Waals surface area contributed by atoms with E-state index in [9.17, 15) is 4.79 Å². The van der Waals surface area contributed by atoms with E-state index >= 15 is 0 Å². The minimum Gasteiger partial charge on any atom is -0.298 e. The first-order valence-electron chi connectivity index (χ1n) is 5.97. The Morgan fingerprint density at radius 3 is 2.79 bits per heavy atom. The molecule has 1 aliphatic heterocycles. The molecule has 1 aliphatic carbocycles. The molecule has 0 N–H and O–H groups in total.